The van der Waals surface area contributed by atoms with Crippen LogP contribution in [0.25, 0.3) is 0 Å². The van der Waals surface area contributed by atoms with Gasteiger partial charge in [-0.3, -0.25) is 9.69 Å². The van der Waals surface area contributed by atoms with E-state index in [1.165, 1.54) is 31.4 Å². The normalized spacial score (nSPS) is 21.8. The number of carbonyl (C=O) groups excluding carboxylic acids is 1. The summed E-state index contributed by atoms with van der Waals surface area (Å²) in [4.78, 5) is 17.5. The molecule has 2 aliphatic rings. The Morgan fingerprint density at radius 1 is 1.23 bits per heavy atom. The lowest BCUT2D eigenvalue weighted by molar-refractivity contribution is -0.137. The molecule has 1 atom stereocenters. The third kappa shape index (κ3) is 5.66. The van der Waals surface area contributed by atoms with E-state index in [4.69, 9.17) is 0 Å². The van der Waals surface area contributed by atoms with Gasteiger partial charge < -0.3 is 10.2 Å². The molecule has 6 heteroatoms. The van der Waals surface area contributed by atoms with Crippen molar-refractivity contribution in [1.29, 1.82) is 0 Å². The van der Waals surface area contributed by atoms with Gasteiger partial charge in [0, 0.05) is 38.3 Å². The molecule has 1 saturated carbocycles. The summed E-state index contributed by atoms with van der Waals surface area (Å²) in [6, 6.07) is 7.27. The number of nitrogens with zero attached hydrogens (tertiary/aromatic N) is 2. The molecule has 1 heterocycles. The van der Waals surface area contributed by atoms with Gasteiger partial charge in [0.15, 0.2) is 0 Å². The number of hydrogen-bond donors (Lipinski definition) is 1. The van der Waals surface area contributed by atoms with Crippen molar-refractivity contribution in [2.24, 2.45) is 0 Å². The summed E-state index contributed by atoms with van der Waals surface area (Å²) in [6.45, 7) is 6.05. The Labute approximate surface area is 162 Å². The average Bonchev–Trinajstić information content (AvgIpc) is 2.64. The Kier molecular flexibility index (Phi) is 8.32. The molecule has 0 unspecified atom stereocenters. The van der Waals surface area contributed by atoms with Crippen LogP contribution in [0.1, 0.15) is 44.6 Å². The van der Waals surface area contributed by atoms with E-state index in [9.17, 15) is 9.18 Å². The van der Waals surface area contributed by atoms with Crippen molar-refractivity contribution in [1.82, 2.24) is 15.1 Å². The van der Waals surface area contributed by atoms with Gasteiger partial charge in [-0.1, -0.05) is 31.4 Å². The zero-order valence-electron chi connectivity index (χ0n) is 15.6. The molecule has 146 valence electrons. The first kappa shape index (κ1) is 21.1. The highest BCUT2D eigenvalue weighted by Gasteiger charge is 2.28. The van der Waals surface area contributed by atoms with E-state index in [1.54, 1.807) is 12.1 Å². The fraction of sp³-hybridized carbons (Fsp3) is 0.650. The van der Waals surface area contributed by atoms with E-state index in [0.717, 1.165) is 38.0 Å². The van der Waals surface area contributed by atoms with Crippen molar-refractivity contribution in [3.8, 4) is 0 Å². The number of halogens is 2. The number of hydrogen-bond acceptors (Lipinski definition) is 3. The van der Waals surface area contributed by atoms with Gasteiger partial charge in [0.05, 0.1) is 6.54 Å². The van der Waals surface area contributed by atoms with E-state index in [2.05, 4.69) is 22.0 Å². The van der Waals surface area contributed by atoms with Crippen molar-refractivity contribution in [3.63, 3.8) is 0 Å². The molecule has 0 radical (unpaired) electrons. The van der Waals surface area contributed by atoms with Crippen LogP contribution in [0.3, 0.4) is 0 Å². The molecule has 1 N–H and O–H groups in total. The van der Waals surface area contributed by atoms with Gasteiger partial charge in [-0.05, 0) is 37.5 Å². The van der Waals surface area contributed by atoms with Crippen molar-refractivity contribution in [2.45, 2.75) is 57.7 Å². The van der Waals surface area contributed by atoms with E-state index >= 15 is 0 Å². The molecule has 1 aromatic carbocycles. The number of nitrogens with one attached hydrogen (secondary N) is 1. The highest BCUT2D eigenvalue weighted by Crippen LogP contribution is 2.24. The molecule has 3 rings (SSSR count). The summed E-state index contributed by atoms with van der Waals surface area (Å²) in [5, 5.41) is 3.37. The first-order chi connectivity index (χ1) is 12.1. The van der Waals surface area contributed by atoms with E-state index in [0.29, 0.717) is 25.2 Å². The van der Waals surface area contributed by atoms with Crippen LogP contribution in [0, 0.1) is 5.82 Å². The van der Waals surface area contributed by atoms with Crippen LogP contribution in [0.2, 0.25) is 0 Å². The van der Waals surface area contributed by atoms with Crippen LogP contribution in [-0.2, 0) is 11.3 Å². The maximum absolute atomic E-state index is 13.2. The third-order valence-electron chi connectivity index (χ3n) is 5.58. The molecule has 1 amide bonds. The predicted molar refractivity (Wildman–Crippen MR) is 105 cm³/mol. The smallest absolute Gasteiger partial charge is 0.237 e. The van der Waals surface area contributed by atoms with Gasteiger partial charge in [0.25, 0.3) is 0 Å². The van der Waals surface area contributed by atoms with Gasteiger partial charge in [0.2, 0.25) is 5.91 Å². The molecule has 0 spiro atoms. The summed E-state index contributed by atoms with van der Waals surface area (Å²) >= 11 is 0. The molecule has 26 heavy (non-hydrogen) atoms. The number of amides is 1. The Bertz CT molecular complexity index is 563. The zero-order valence-corrected chi connectivity index (χ0v) is 16.4. The number of rotatable bonds is 5. The second-order valence-electron chi connectivity index (χ2n) is 7.46. The van der Waals surface area contributed by atoms with Crippen molar-refractivity contribution < 1.29 is 9.18 Å². The second-order valence-corrected chi connectivity index (χ2v) is 7.46. The van der Waals surface area contributed by atoms with E-state index in [-0.39, 0.29) is 24.1 Å². The fourth-order valence-corrected chi connectivity index (χ4v) is 3.98. The van der Waals surface area contributed by atoms with Crippen molar-refractivity contribution in [3.05, 3.63) is 35.6 Å². The topological polar surface area (TPSA) is 35.6 Å². The van der Waals surface area contributed by atoms with Crippen molar-refractivity contribution in [2.75, 3.05) is 26.2 Å². The lowest BCUT2D eigenvalue weighted by atomic mass is 9.93. The van der Waals surface area contributed by atoms with Crippen LogP contribution >= 0.6 is 12.4 Å². The molecule has 1 saturated heterocycles. The average molecular weight is 384 g/mol. The van der Waals surface area contributed by atoms with Gasteiger partial charge >= 0.3 is 0 Å². The third-order valence-corrected chi connectivity index (χ3v) is 5.58. The number of carbonyl (C=O) groups is 1. The maximum atomic E-state index is 13.2. The molecular weight excluding hydrogens is 353 g/mol. The maximum Gasteiger partial charge on any atom is 0.237 e. The molecule has 0 bridgehead atoms. The second kappa shape index (κ2) is 10.2. The van der Waals surface area contributed by atoms with Crippen LogP contribution in [0.4, 0.5) is 4.39 Å². The number of piperazine rings is 1. The monoisotopic (exact) mass is 383 g/mol. The van der Waals surface area contributed by atoms with Gasteiger partial charge in [0.1, 0.15) is 5.82 Å². The minimum Gasteiger partial charge on any atom is -0.334 e. The largest absolute Gasteiger partial charge is 0.334 e. The summed E-state index contributed by atoms with van der Waals surface area (Å²) in [5.74, 6) is -0.0149. The molecule has 1 aliphatic carbocycles. The zero-order chi connectivity index (χ0) is 17.6. The molecule has 4 nitrogen and oxygen atoms in total. The van der Waals surface area contributed by atoms with E-state index < -0.39 is 0 Å². The lowest BCUT2D eigenvalue weighted by Gasteiger charge is -2.38. The Hall–Kier alpha value is -1.17. The SMILES string of the molecule is C[C@H]1CNCCN1CC(=O)N(Cc1ccc(F)cc1)C1CCCCC1.Cl. The predicted octanol–water partition coefficient (Wildman–Crippen LogP) is 3.20. The Balaban J connectivity index is 0.00000243. The highest BCUT2D eigenvalue weighted by atomic mass is 35.5. The highest BCUT2D eigenvalue weighted by molar-refractivity contribution is 5.85. The Morgan fingerprint density at radius 3 is 2.58 bits per heavy atom. The van der Waals surface area contributed by atoms with Gasteiger partial charge in [-0.25, -0.2) is 4.39 Å². The van der Waals surface area contributed by atoms with Crippen molar-refractivity contribution >= 4 is 18.3 Å². The molecule has 0 aromatic heterocycles. The quantitative estimate of drug-likeness (QED) is 0.848. The minimum absolute atomic E-state index is 0. The summed E-state index contributed by atoms with van der Waals surface area (Å²) in [6.07, 6.45) is 5.84. The first-order valence-electron chi connectivity index (χ1n) is 9.62. The summed E-state index contributed by atoms with van der Waals surface area (Å²) < 4.78 is 13.2. The molecule has 2 fully saturated rings. The fourth-order valence-electron chi connectivity index (χ4n) is 3.98. The summed E-state index contributed by atoms with van der Waals surface area (Å²) in [5.41, 5.74) is 1.01. The van der Waals surface area contributed by atoms with Crippen LogP contribution in [-0.4, -0.2) is 54.0 Å². The minimum atomic E-state index is -0.228. The van der Waals surface area contributed by atoms with Crippen LogP contribution in [0.5, 0.6) is 0 Å². The van der Waals surface area contributed by atoms with E-state index in [1.807, 2.05) is 0 Å². The number of benzene rings is 1. The standard InChI is InChI=1S/C20H30FN3O.ClH/c1-16-13-22-11-12-23(16)15-20(25)24(19-5-3-2-4-6-19)14-17-7-9-18(21)10-8-17;/h7-10,16,19,22H,2-6,11-15H2,1H3;1H/t16-;/m0./s1. The molecular formula is C20H31ClFN3O. The lowest BCUT2D eigenvalue weighted by Crippen LogP contribution is -2.54. The first-order valence-corrected chi connectivity index (χ1v) is 9.62. The van der Waals surface area contributed by atoms with Gasteiger partial charge in [-0.2, -0.15) is 0 Å². The van der Waals surface area contributed by atoms with Crippen LogP contribution in [0.15, 0.2) is 24.3 Å². The Morgan fingerprint density at radius 2 is 1.92 bits per heavy atom. The summed E-state index contributed by atoms with van der Waals surface area (Å²) in [7, 11) is 0. The van der Waals surface area contributed by atoms with Crippen LogP contribution < -0.4 is 5.32 Å². The van der Waals surface area contributed by atoms with Gasteiger partial charge in [-0.15, -0.1) is 12.4 Å². The molecule has 1 aromatic rings. The molecule has 1 aliphatic heterocycles.